The number of anilines is 1. The Balaban J connectivity index is 1.67. The fourth-order valence-corrected chi connectivity index (χ4v) is 6.10. The molecule has 0 saturated heterocycles. The Morgan fingerprint density at radius 2 is 1.93 bits per heavy atom. The van der Waals surface area contributed by atoms with Crippen LogP contribution in [0.3, 0.4) is 0 Å². The minimum Gasteiger partial charge on any atom is -0.310 e. The van der Waals surface area contributed by atoms with E-state index in [1.165, 1.54) is 11.3 Å². The number of carbonyl (C=O) groups is 1. The molecule has 0 aliphatic heterocycles. The van der Waals surface area contributed by atoms with Gasteiger partial charge in [-0.1, -0.05) is 18.2 Å². The van der Waals surface area contributed by atoms with E-state index in [1.54, 1.807) is 6.20 Å². The minimum absolute atomic E-state index is 0.180. The van der Waals surface area contributed by atoms with Gasteiger partial charge in [-0.25, -0.2) is 4.98 Å². The number of aryl methyl sites for hydroxylation is 2. The third-order valence-corrected chi connectivity index (χ3v) is 7.30. The molecule has 0 aliphatic carbocycles. The first-order chi connectivity index (χ1) is 13.5. The lowest BCUT2D eigenvalue weighted by atomic mass is 10.2. The molecule has 8 heteroatoms. The van der Waals surface area contributed by atoms with E-state index in [4.69, 9.17) is 0 Å². The van der Waals surface area contributed by atoms with Crippen molar-refractivity contribution < 1.29 is 4.79 Å². The van der Waals surface area contributed by atoms with Crippen molar-refractivity contribution in [3.05, 3.63) is 73.1 Å². The van der Waals surface area contributed by atoms with Crippen molar-refractivity contribution in [3.8, 4) is 0 Å². The van der Waals surface area contributed by atoms with Gasteiger partial charge in [0.15, 0.2) is 0 Å². The summed E-state index contributed by atoms with van der Waals surface area (Å²) in [6.07, 6.45) is 2.54. The van der Waals surface area contributed by atoms with Crippen molar-refractivity contribution in [2.75, 3.05) is 5.32 Å². The molecule has 1 amide bonds. The molecule has 0 aliphatic rings. The predicted molar refractivity (Wildman–Crippen MR) is 120 cm³/mol. The maximum atomic E-state index is 13.0. The Hall–Kier alpha value is -2.03. The third kappa shape index (κ3) is 3.76. The number of hydrogen-bond acceptors (Lipinski definition) is 4. The van der Waals surface area contributed by atoms with E-state index in [0.717, 1.165) is 36.3 Å². The molecule has 1 N–H and O–H groups in total. The summed E-state index contributed by atoms with van der Waals surface area (Å²) in [5.41, 5.74) is 4.36. The molecule has 0 radical (unpaired) electrons. The van der Waals surface area contributed by atoms with Crippen LogP contribution in [0.15, 0.2) is 56.2 Å². The lowest BCUT2D eigenvalue weighted by Crippen LogP contribution is -2.17. The van der Waals surface area contributed by atoms with Crippen LogP contribution < -0.4 is 5.32 Å². The van der Waals surface area contributed by atoms with Gasteiger partial charge < -0.3 is 4.57 Å². The number of aromatic nitrogens is 3. The highest BCUT2D eigenvalue weighted by atomic mass is 79.9. The molecule has 142 valence electrons. The zero-order valence-electron chi connectivity index (χ0n) is 14.9. The minimum atomic E-state index is -0.180. The van der Waals surface area contributed by atoms with Crippen LogP contribution in [0.4, 0.5) is 5.95 Å². The lowest BCUT2D eigenvalue weighted by molar-refractivity contribution is 0.102. The molecule has 4 rings (SSSR count). The standard InChI is InChI=1S/C20H16Br2N4OS/c1-12-16(18(22)28-17(12)21)19(27)25-20-24-14-7-2-3-8-15(14)26(20)11-9-13-6-4-5-10-23-13/h2-8,10H,9,11H2,1H3,(H,24,25,27). The second kappa shape index (κ2) is 8.14. The summed E-state index contributed by atoms with van der Waals surface area (Å²) in [4.78, 5) is 22.0. The summed E-state index contributed by atoms with van der Waals surface area (Å²) < 4.78 is 3.77. The van der Waals surface area contributed by atoms with Crippen LogP contribution in [0.25, 0.3) is 11.0 Å². The topological polar surface area (TPSA) is 59.8 Å². The van der Waals surface area contributed by atoms with E-state index >= 15 is 0 Å². The maximum absolute atomic E-state index is 13.0. The van der Waals surface area contributed by atoms with Crippen LogP contribution in [-0.2, 0) is 13.0 Å². The van der Waals surface area contributed by atoms with Crippen LogP contribution in [0, 0.1) is 6.92 Å². The van der Waals surface area contributed by atoms with Gasteiger partial charge in [0.05, 0.1) is 24.2 Å². The summed E-state index contributed by atoms with van der Waals surface area (Å²) in [5, 5.41) is 3.00. The van der Waals surface area contributed by atoms with Crippen molar-refractivity contribution in [2.45, 2.75) is 19.9 Å². The molecular weight excluding hydrogens is 504 g/mol. The molecule has 0 unspecified atom stereocenters. The van der Waals surface area contributed by atoms with Gasteiger partial charge in [0, 0.05) is 24.9 Å². The van der Waals surface area contributed by atoms with Crippen LogP contribution in [0.2, 0.25) is 0 Å². The highest BCUT2D eigenvalue weighted by molar-refractivity contribution is 9.12. The highest BCUT2D eigenvalue weighted by Gasteiger charge is 2.21. The fourth-order valence-electron chi connectivity index (χ4n) is 3.05. The van der Waals surface area contributed by atoms with Crippen LogP contribution >= 0.6 is 43.2 Å². The Morgan fingerprint density at radius 3 is 2.64 bits per heavy atom. The van der Waals surface area contributed by atoms with Crippen molar-refractivity contribution in [2.24, 2.45) is 0 Å². The number of hydrogen-bond donors (Lipinski definition) is 1. The molecule has 0 spiro atoms. The largest absolute Gasteiger partial charge is 0.310 e. The molecule has 28 heavy (non-hydrogen) atoms. The van der Waals surface area contributed by atoms with Crippen molar-refractivity contribution in [3.63, 3.8) is 0 Å². The number of imidazole rings is 1. The average molecular weight is 520 g/mol. The van der Waals surface area contributed by atoms with Crippen molar-refractivity contribution in [1.82, 2.24) is 14.5 Å². The third-order valence-electron chi connectivity index (χ3n) is 4.47. The Labute approximate surface area is 183 Å². The predicted octanol–water partition coefficient (Wildman–Crippen LogP) is 5.82. The van der Waals surface area contributed by atoms with Gasteiger partial charge in [-0.2, -0.15) is 0 Å². The smallest absolute Gasteiger partial charge is 0.260 e. The first-order valence-corrected chi connectivity index (χ1v) is 11.1. The average Bonchev–Trinajstić information content (AvgIpc) is 3.16. The van der Waals surface area contributed by atoms with Crippen molar-refractivity contribution in [1.29, 1.82) is 0 Å². The SMILES string of the molecule is Cc1c(Br)sc(Br)c1C(=O)Nc1nc2ccccc2n1CCc1ccccn1. The van der Waals surface area contributed by atoms with E-state index in [9.17, 15) is 4.79 Å². The molecular formula is C20H16Br2N4OS. The summed E-state index contributed by atoms with van der Waals surface area (Å²) in [6, 6.07) is 13.8. The van der Waals surface area contributed by atoms with Crippen LogP contribution in [0.1, 0.15) is 21.6 Å². The number of rotatable bonds is 5. The number of pyridine rings is 1. The quantitative estimate of drug-likeness (QED) is 0.361. The molecule has 0 bridgehead atoms. The molecule has 1 aromatic carbocycles. The van der Waals surface area contributed by atoms with Gasteiger partial charge in [0.1, 0.15) is 0 Å². The van der Waals surface area contributed by atoms with E-state index < -0.39 is 0 Å². The number of para-hydroxylation sites is 2. The first kappa shape index (κ1) is 19.3. The number of nitrogens with one attached hydrogen (secondary N) is 1. The van der Waals surface area contributed by atoms with E-state index in [1.807, 2.05) is 54.0 Å². The maximum Gasteiger partial charge on any atom is 0.260 e. The van der Waals surface area contributed by atoms with E-state index in [0.29, 0.717) is 18.1 Å². The normalized spacial score (nSPS) is 11.1. The number of fused-ring (bicyclic) bond motifs is 1. The van der Waals surface area contributed by atoms with Gasteiger partial charge in [0.2, 0.25) is 5.95 Å². The summed E-state index contributed by atoms with van der Waals surface area (Å²) >= 11 is 8.47. The Kier molecular flexibility index (Phi) is 5.61. The van der Waals surface area contributed by atoms with Gasteiger partial charge in [-0.15, -0.1) is 11.3 Å². The second-order valence-corrected chi connectivity index (χ2v) is 9.91. The molecule has 4 aromatic rings. The van der Waals surface area contributed by atoms with Gasteiger partial charge in [0.25, 0.3) is 5.91 Å². The monoisotopic (exact) mass is 518 g/mol. The van der Waals surface area contributed by atoms with Crippen LogP contribution in [0.5, 0.6) is 0 Å². The van der Waals surface area contributed by atoms with Gasteiger partial charge in [-0.05, 0) is 68.6 Å². The summed E-state index contributed by atoms with van der Waals surface area (Å²) in [5.74, 6) is 0.358. The molecule has 0 atom stereocenters. The highest BCUT2D eigenvalue weighted by Crippen LogP contribution is 2.37. The van der Waals surface area contributed by atoms with Crippen LogP contribution in [-0.4, -0.2) is 20.4 Å². The number of thiophene rings is 1. The van der Waals surface area contributed by atoms with Crippen molar-refractivity contribution >= 4 is 66.1 Å². The molecule has 3 aromatic heterocycles. The molecule has 0 fully saturated rings. The van der Waals surface area contributed by atoms with E-state index in [2.05, 4.69) is 47.1 Å². The zero-order chi connectivity index (χ0) is 19.7. The number of halogens is 2. The second-order valence-electron chi connectivity index (χ2n) is 6.25. The molecule has 3 heterocycles. The van der Waals surface area contributed by atoms with Gasteiger partial charge >= 0.3 is 0 Å². The number of carbonyl (C=O) groups excluding carboxylic acids is 1. The zero-order valence-corrected chi connectivity index (χ0v) is 18.9. The lowest BCUT2D eigenvalue weighted by Gasteiger charge is -2.10. The first-order valence-electron chi connectivity index (χ1n) is 8.65. The Morgan fingerprint density at radius 1 is 1.14 bits per heavy atom. The van der Waals surface area contributed by atoms with Gasteiger partial charge in [-0.3, -0.25) is 15.1 Å². The number of benzene rings is 1. The summed E-state index contributed by atoms with van der Waals surface area (Å²) in [7, 11) is 0. The molecule has 5 nitrogen and oxygen atoms in total. The Bertz CT molecular complexity index is 1150. The van der Waals surface area contributed by atoms with E-state index in [-0.39, 0.29) is 5.91 Å². The number of nitrogens with zero attached hydrogens (tertiary/aromatic N) is 3. The summed E-state index contributed by atoms with van der Waals surface area (Å²) in [6.45, 7) is 2.59. The molecule has 0 saturated carbocycles. The number of amides is 1. The fraction of sp³-hybridized carbons (Fsp3) is 0.150.